The van der Waals surface area contributed by atoms with Crippen molar-refractivity contribution in [2.75, 3.05) is 10.6 Å². The van der Waals surface area contributed by atoms with E-state index in [0.717, 1.165) is 56.2 Å². The summed E-state index contributed by atoms with van der Waals surface area (Å²) in [6.07, 6.45) is 0. The molecule has 8 heteroatoms. The molecule has 158 valence electrons. The van der Waals surface area contributed by atoms with Gasteiger partial charge in [0.05, 0.1) is 22.1 Å². The van der Waals surface area contributed by atoms with Gasteiger partial charge in [-0.2, -0.15) is 0 Å². The van der Waals surface area contributed by atoms with Crippen molar-refractivity contribution in [3.05, 3.63) is 60.7 Å². The van der Waals surface area contributed by atoms with E-state index in [1.807, 2.05) is 60.7 Å². The lowest BCUT2D eigenvalue weighted by Gasteiger charge is -2.02. The van der Waals surface area contributed by atoms with Gasteiger partial charge in [-0.3, -0.25) is 9.59 Å². The average Bonchev–Trinajstić information content (AvgIpc) is 3.36. The van der Waals surface area contributed by atoms with Gasteiger partial charge in [-0.05, 0) is 60.7 Å². The number of imidazole rings is 2. The molecule has 0 fully saturated rings. The summed E-state index contributed by atoms with van der Waals surface area (Å²) in [5, 5.41) is 5.54. The summed E-state index contributed by atoms with van der Waals surface area (Å²) >= 11 is 0. The Bertz CT molecular complexity index is 1480. The molecular weight excluding hydrogens is 404 g/mol. The van der Waals surface area contributed by atoms with Crippen LogP contribution in [-0.2, 0) is 9.59 Å². The van der Waals surface area contributed by atoms with Crippen molar-refractivity contribution in [2.45, 2.75) is 13.8 Å². The molecule has 0 aliphatic heterocycles. The number of carbonyl (C=O) groups excluding carboxylic acids is 2. The lowest BCUT2D eigenvalue weighted by atomic mass is 10.2. The molecule has 2 aromatic heterocycles. The maximum Gasteiger partial charge on any atom is 0.221 e. The summed E-state index contributed by atoms with van der Waals surface area (Å²) in [7, 11) is 0. The normalized spacial score (nSPS) is 11.1. The first-order chi connectivity index (χ1) is 15.4. The Hall–Kier alpha value is -4.46. The number of nitrogens with zero attached hydrogens (tertiary/aromatic N) is 2. The first-order valence-corrected chi connectivity index (χ1v) is 10.1. The summed E-state index contributed by atoms with van der Waals surface area (Å²) in [5.41, 5.74) is 6.71. The van der Waals surface area contributed by atoms with Crippen LogP contribution in [0.15, 0.2) is 60.7 Å². The van der Waals surface area contributed by atoms with Crippen molar-refractivity contribution in [3.63, 3.8) is 0 Å². The Balaban J connectivity index is 1.46. The van der Waals surface area contributed by atoms with Crippen LogP contribution in [0.4, 0.5) is 11.4 Å². The van der Waals surface area contributed by atoms with Crippen LogP contribution in [0.3, 0.4) is 0 Å². The molecule has 3 aromatic carbocycles. The minimum absolute atomic E-state index is 0.106. The summed E-state index contributed by atoms with van der Waals surface area (Å²) in [4.78, 5) is 38.5. The third-order valence-electron chi connectivity index (χ3n) is 5.04. The van der Waals surface area contributed by atoms with Gasteiger partial charge in [0.15, 0.2) is 0 Å². The number of hydrogen-bond acceptors (Lipinski definition) is 4. The first kappa shape index (κ1) is 19.5. The minimum atomic E-state index is -0.116. The Morgan fingerprint density at radius 3 is 1.81 bits per heavy atom. The number of carbonyl (C=O) groups is 2. The molecule has 2 heterocycles. The van der Waals surface area contributed by atoms with Gasteiger partial charge in [0, 0.05) is 36.3 Å². The molecule has 32 heavy (non-hydrogen) atoms. The SMILES string of the molecule is CC(=O)Nc1ccc(-c2nc3ccc(-c4nc5ccc(NC(C)=O)cc5[nH]4)cc3[nH]2)cc1. The van der Waals surface area contributed by atoms with E-state index >= 15 is 0 Å². The topological polar surface area (TPSA) is 116 Å². The van der Waals surface area contributed by atoms with E-state index in [2.05, 4.69) is 30.6 Å². The van der Waals surface area contributed by atoms with Crippen LogP contribution in [0.5, 0.6) is 0 Å². The second-order valence-corrected chi connectivity index (χ2v) is 7.57. The van der Waals surface area contributed by atoms with Gasteiger partial charge < -0.3 is 20.6 Å². The van der Waals surface area contributed by atoms with Gasteiger partial charge >= 0.3 is 0 Å². The second-order valence-electron chi connectivity index (χ2n) is 7.57. The van der Waals surface area contributed by atoms with Crippen LogP contribution >= 0.6 is 0 Å². The molecule has 0 radical (unpaired) electrons. The van der Waals surface area contributed by atoms with E-state index < -0.39 is 0 Å². The smallest absolute Gasteiger partial charge is 0.221 e. The van der Waals surface area contributed by atoms with Gasteiger partial charge in [0.25, 0.3) is 0 Å². The van der Waals surface area contributed by atoms with E-state index in [-0.39, 0.29) is 11.8 Å². The molecule has 2 amide bonds. The number of nitrogens with one attached hydrogen (secondary N) is 4. The van der Waals surface area contributed by atoms with E-state index in [9.17, 15) is 9.59 Å². The third kappa shape index (κ3) is 3.81. The van der Waals surface area contributed by atoms with Crippen LogP contribution in [0, 0.1) is 0 Å². The zero-order valence-electron chi connectivity index (χ0n) is 17.5. The van der Waals surface area contributed by atoms with Crippen molar-refractivity contribution >= 4 is 45.3 Å². The molecule has 0 saturated carbocycles. The predicted octanol–water partition coefficient (Wildman–Crippen LogP) is 4.69. The molecule has 5 rings (SSSR count). The van der Waals surface area contributed by atoms with Crippen LogP contribution < -0.4 is 10.6 Å². The number of aromatic amines is 2. The highest BCUT2D eigenvalue weighted by Crippen LogP contribution is 2.27. The molecule has 0 bridgehead atoms. The predicted molar refractivity (Wildman–Crippen MR) is 125 cm³/mol. The quantitative estimate of drug-likeness (QED) is 0.335. The maximum absolute atomic E-state index is 11.3. The molecule has 0 atom stereocenters. The van der Waals surface area contributed by atoms with Crippen molar-refractivity contribution in [3.8, 4) is 22.8 Å². The summed E-state index contributed by atoms with van der Waals surface area (Å²) in [6.45, 7) is 2.96. The highest BCUT2D eigenvalue weighted by atomic mass is 16.2. The fourth-order valence-corrected chi connectivity index (χ4v) is 3.64. The zero-order chi connectivity index (χ0) is 22.2. The fraction of sp³-hybridized carbons (Fsp3) is 0.0833. The Labute approximate surface area is 183 Å². The number of hydrogen-bond donors (Lipinski definition) is 4. The van der Waals surface area contributed by atoms with Crippen molar-refractivity contribution in [2.24, 2.45) is 0 Å². The van der Waals surface area contributed by atoms with Gasteiger partial charge in [-0.15, -0.1) is 0 Å². The monoisotopic (exact) mass is 424 g/mol. The van der Waals surface area contributed by atoms with E-state index in [0.29, 0.717) is 0 Å². The molecule has 8 nitrogen and oxygen atoms in total. The van der Waals surface area contributed by atoms with Crippen molar-refractivity contribution in [1.82, 2.24) is 19.9 Å². The average molecular weight is 424 g/mol. The van der Waals surface area contributed by atoms with E-state index in [1.54, 1.807) is 0 Å². The van der Waals surface area contributed by atoms with Crippen molar-refractivity contribution in [1.29, 1.82) is 0 Å². The van der Waals surface area contributed by atoms with Gasteiger partial charge in [0.1, 0.15) is 11.6 Å². The fourth-order valence-electron chi connectivity index (χ4n) is 3.64. The molecule has 0 spiro atoms. The number of H-pyrrole nitrogens is 2. The molecule has 4 N–H and O–H groups in total. The summed E-state index contributed by atoms with van der Waals surface area (Å²) in [6, 6.07) is 19.0. The minimum Gasteiger partial charge on any atom is -0.338 e. The maximum atomic E-state index is 11.3. The van der Waals surface area contributed by atoms with E-state index in [1.165, 1.54) is 13.8 Å². The number of fused-ring (bicyclic) bond motifs is 2. The van der Waals surface area contributed by atoms with Crippen molar-refractivity contribution < 1.29 is 9.59 Å². The van der Waals surface area contributed by atoms with Gasteiger partial charge in [-0.1, -0.05) is 0 Å². The number of rotatable bonds is 4. The molecule has 0 aliphatic rings. The zero-order valence-corrected chi connectivity index (χ0v) is 17.5. The van der Waals surface area contributed by atoms with Crippen LogP contribution in [-0.4, -0.2) is 31.8 Å². The Morgan fingerprint density at radius 2 is 1.16 bits per heavy atom. The Kier molecular flexibility index (Phi) is 4.67. The van der Waals surface area contributed by atoms with Crippen LogP contribution in [0.1, 0.15) is 13.8 Å². The molecule has 0 aliphatic carbocycles. The van der Waals surface area contributed by atoms with Crippen LogP contribution in [0.25, 0.3) is 44.8 Å². The molecule has 0 saturated heterocycles. The van der Waals surface area contributed by atoms with Gasteiger partial charge in [0.2, 0.25) is 11.8 Å². The molecule has 0 unspecified atom stereocenters. The number of benzene rings is 3. The number of anilines is 2. The number of aromatic nitrogens is 4. The largest absolute Gasteiger partial charge is 0.338 e. The van der Waals surface area contributed by atoms with E-state index in [4.69, 9.17) is 0 Å². The molecule has 5 aromatic rings. The summed E-state index contributed by atoms with van der Waals surface area (Å²) < 4.78 is 0. The first-order valence-electron chi connectivity index (χ1n) is 10.1. The lowest BCUT2D eigenvalue weighted by Crippen LogP contribution is -2.05. The number of amides is 2. The summed E-state index contributed by atoms with van der Waals surface area (Å²) in [5.74, 6) is 1.26. The standard InChI is InChI=1S/C24H20N6O2/c1-13(31)25-17-6-3-15(4-7-17)23-27-19-9-5-16(11-21(19)29-23)24-28-20-10-8-18(26-14(2)32)12-22(20)30-24/h3-12H,1-2H3,(H,25,31)(H,26,32)(H,27,29)(H,28,30). The lowest BCUT2D eigenvalue weighted by molar-refractivity contribution is -0.115. The van der Waals surface area contributed by atoms with Gasteiger partial charge in [-0.25, -0.2) is 9.97 Å². The third-order valence-corrected chi connectivity index (χ3v) is 5.04. The Morgan fingerprint density at radius 1 is 0.656 bits per heavy atom. The van der Waals surface area contributed by atoms with Crippen LogP contribution in [0.2, 0.25) is 0 Å². The second kappa shape index (κ2) is 7.66. The molecular formula is C24H20N6O2. The highest BCUT2D eigenvalue weighted by Gasteiger charge is 2.10. The highest BCUT2D eigenvalue weighted by molar-refractivity contribution is 5.92.